The molecule has 1 aromatic heterocycles. The molecule has 0 aliphatic rings. The van der Waals surface area contributed by atoms with Crippen LogP contribution in [0.15, 0.2) is 12.3 Å². The maximum absolute atomic E-state index is 5.68. The summed E-state index contributed by atoms with van der Waals surface area (Å²) in [7, 11) is 2.04. The number of nitrogens with zero attached hydrogens (tertiary/aromatic N) is 2. The van der Waals surface area contributed by atoms with Crippen LogP contribution in [0.1, 0.15) is 18.9 Å². The molecule has 1 heterocycles. The second-order valence-corrected chi connectivity index (χ2v) is 3.32. The molecule has 0 saturated carbocycles. The summed E-state index contributed by atoms with van der Waals surface area (Å²) in [6.45, 7) is 5.18. The zero-order valence-electron chi connectivity index (χ0n) is 8.54. The SMILES string of the molecule is CCCN(C)c1cc(C)c(N)cn1. The predicted molar refractivity (Wildman–Crippen MR) is 56.9 cm³/mol. The molecule has 0 radical (unpaired) electrons. The van der Waals surface area contributed by atoms with Gasteiger partial charge in [0.1, 0.15) is 5.82 Å². The van der Waals surface area contributed by atoms with Crippen LogP contribution in [0, 0.1) is 6.92 Å². The highest BCUT2D eigenvalue weighted by atomic mass is 15.2. The van der Waals surface area contributed by atoms with Gasteiger partial charge in [-0.1, -0.05) is 6.92 Å². The second-order valence-electron chi connectivity index (χ2n) is 3.32. The lowest BCUT2D eigenvalue weighted by atomic mass is 10.2. The number of aromatic nitrogens is 1. The summed E-state index contributed by atoms with van der Waals surface area (Å²) in [5.41, 5.74) is 7.53. The van der Waals surface area contributed by atoms with Crippen molar-refractivity contribution < 1.29 is 0 Å². The first-order valence-electron chi connectivity index (χ1n) is 4.58. The lowest BCUT2D eigenvalue weighted by Crippen LogP contribution is -2.19. The van der Waals surface area contributed by atoms with E-state index in [4.69, 9.17) is 5.73 Å². The van der Waals surface area contributed by atoms with Crippen LogP contribution in [0.2, 0.25) is 0 Å². The Labute approximate surface area is 79.6 Å². The summed E-state index contributed by atoms with van der Waals surface area (Å²) in [6, 6.07) is 2.02. The summed E-state index contributed by atoms with van der Waals surface area (Å²) < 4.78 is 0. The van der Waals surface area contributed by atoms with Crippen LogP contribution in [0.4, 0.5) is 11.5 Å². The number of nitrogens with two attached hydrogens (primary N) is 1. The zero-order valence-corrected chi connectivity index (χ0v) is 8.54. The first-order chi connectivity index (χ1) is 6.15. The van der Waals surface area contributed by atoms with Gasteiger partial charge < -0.3 is 10.6 Å². The quantitative estimate of drug-likeness (QED) is 0.769. The van der Waals surface area contributed by atoms with E-state index in [1.165, 1.54) is 0 Å². The van der Waals surface area contributed by atoms with Gasteiger partial charge in [0.25, 0.3) is 0 Å². The number of hydrogen-bond acceptors (Lipinski definition) is 3. The minimum absolute atomic E-state index is 0.758. The van der Waals surface area contributed by atoms with Crippen LogP contribution < -0.4 is 10.6 Å². The maximum Gasteiger partial charge on any atom is 0.128 e. The molecule has 0 aromatic carbocycles. The topological polar surface area (TPSA) is 42.1 Å². The smallest absolute Gasteiger partial charge is 0.128 e. The monoisotopic (exact) mass is 179 g/mol. The number of rotatable bonds is 3. The molecule has 1 rings (SSSR count). The van der Waals surface area contributed by atoms with Crippen LogP contribution in [-0.2, 0) is 0 Å². The molecule has 0 bridgehead atoms. The molecular formula is C10H17N3. The highest BCUT2D eigenvalue weighted by molar-refractivity contribution is 5.51. The molecule has 0 amide bonds. The van der Waals surface area contributed by atoms with Crippen molar-refractivity contribution >= 4 is 11.5 Å². The lowest BCUT2D eigenvalue weighted by molar-refractivity contribution is 0.837. The Morgan fingerprint density at radius 3 is 2.77 bits per heavy atom. The van der Waals surface area contributed by atoms with E-state index in [0.29, 0.717) is 0 Å². The summed E-state index contributed by atoms with van der Waals surface area (Å²) in [5.74, 6) is 0.994. The van der Waals surface area contributed by atoms with E-state index in [2.05, 4.69) is 16.8 Å². The molecule has 0 aliphatic carbocycles. The Morgan fingerprint density at radius 1 is 1.54 bits per heavy atom. The highest BCUT2D eigenvalue weighted by Gasteiger charge is 2.02. The number of hydrogen-bond donors (Lipinski definition) is 1. The van der Waals surface area contributed by atoms with E-state index in [0.717, 1.165) is 30.0 Å². The van der Waals surface area contributed by atoms with Gasteiger partial charge in [-0.2, -0.15) is 0 Å². The number of nitrogen functional groups attached to an aromatic ring is 1. The van der Waals surface area contributed by atoms with Gasteiger partial charge in [-0.3, -0.25) is 0 Å². The molecule has 0 spiro atoms. The van der Waals surface area contributed by atoms with Crippen LogP contribution in [-0.4, -0.2) is 18.6 Å². The van der Waals surface area contributed by atoms with Crippen molar-refractivity contribution in [1.82, 2.24) is 4.98 Å². The van der Waals surface area contributed by atoms with Crippen molar-refractivity contribution in [2.75, 3.05) is 24.2 Å². The van der Waals surface area contributed by atoms with Gasteiger partial charge >= 0.3 is 0 Å². The fourth-order valence-electron chi connectivity index (χ4n) is 1.21. The van der Waals surface area contributed by atoms with Gasteiger partial charge in [0.05, 0.1) is 11.9 Å². The largest absolute Gasteiger partial charge is 0.397 e. The first kappa shape index (κ1) is 9.84. The van der Waals surface area contributed by atoms with Crippen LogP contribution in [0.25, 0.3) is 0 Å². The minimum atomic E-state index is 0.758. The van der Waals surface area contributed by atoms with Gasteiger partial charge in [0, 0.05) is 13.6 Å². The molecule has 1 aromatic rings. The summed E-state index contributed by atoms with van der Waals surface area (Å²) in [6.07, 6.45) is 2.85. The molecular weight excluding hydrogens is 162 g/mol. The summed E-state index contributed by atoms with van der Waals surface area (Å²) >= 11 is 0. The average molecular weight is 179 g/mol. The zero-order chi connectivity index (χ0) is 9.84. The van der Waals surface area contributed by atoms with Gasteiger partial charge in [-0.15, -0.1) is 0 Å². The van der Waals surface area contributed by atoms with Crippen molar-refractivity contribution in [2.45, 2.75) is 20.3 Å². The molecule has 0 saturated heterocycles. The standard InChI is InChI=1S/C10H17N3/c1-4-5-13(3)10-6-8(2)9(11)7-12-10/h6-7H,4-5,11H2,1-3H3. The van der Waals surface area contributed by atoms with Crippen molar-refractivity contribution in [3.05, 3.63) is 17.8 Å². The molecule has 0 aliphatic heterocycles. The third-order valence-corrected chi connectivity index (χ3v) is 2.09. The van der Waals surface area contributed by atoms with Crippen molar-refractivity contribution in [2.24, 2.45) is 0 Å². The molecule has 0 atom stereocenters. The van der Waals surface area contributed by atoms with E-state index in [1.54, 1.807) is 6.20 Å². The molecule has 13 heavy (non-hydrogen) atoms. The van der Waals surface area contributed by atoms with Gasteiger partial charge in [-0.05, 0) is 25.0 Å². The summed E-state index contributed by atoms with van der Waals surface area (Å²) in [4.78, 5) is 6.39. The number of aryl methyl sites for hydroxylation is 1. The Balaban J connectivity index is 2.84. The van der Waals surface area contributed by atoms with Crippen LogP contribution in [0.3, 0.4) is 0 Å². The molecule has 0 unspecified atom stereocenters. The molecule has 3 nitrogen and oxygen atoms in total. The van der Waals surface area contributed by atoms with Crippen molar-refractivity contribution in [3.8, 4) is 0 Å². The fourth-order valence-corrected chi connectivity index (χ4v) is 1.21. The van der Waals surface area contributed by atoms with E-state index in [9.17, 15) is 0 Å². The predicted octanol–water partition coefficient (Wildman–Crippen LogP) is 1.82. The number of pyridine rings is 1. The van der Waals surface area contributed by atoms with Gasteiger partial charge in [0.15, 0.2) is 0 Å². The van der Waals surface area contributed by atoms with Crippen molar-refractivity contribution in [1.29, 1.82) is 0 Å². The fraction of sp³-hybridized carbons (Fsp3) is 0.500. The lowest BCUT2D eigenvalue weighted by Gasteiger charge is -2.17. The van der Waals surface area contributed by atoms with Gasteiger partial charge in [0.2, 0.25) is 0 Å². The number of anilines is 2. The van der Waals surface area contributed by atoms with E-state index in [1.807, 2.05) is 20.0 Å². The molecule has 2 N–H and O–H groups in total. The average Bonchev–Trinajstić information content (AvgIpc) is 2.10. The molecule has 0 fully saturated rings. The second kappa shape index (κ2) is 4.12. The Morgan fingerprint density at radius 2 is 2.23 bits per heavy atom. The van der Waals surface area contributed by atoms with E-state index in [-0.39, 0.29) is 0 Å². The van der Waals surface area contributed by atoms with Crippen LogP contribution >= 0.6 is 0 Å². The Hall–Kier alpha value is -1.25. The normalized spacial score (nSPS) is 10.1. The first-order valence-corrected chi connectivity index (χ1v) is 4.58. The highest BCUT2D eigenvalue weighted by Crippen LogP contribution is 2.15. The maximum atomic E-state index is 5.68. The third-order valence-electron chi connectivity index (χ3n) is 2.09. The third kappa shape index (κ3) is 2.34. The van der Waals surface area contributed by atoms with E-state index < -0.39 is 0 Å². The molecule has 72 valence electrons. The Kier molecular flexibility index (Phi) is 3.12. The van der Waals surface area contributed by atoms with Crippen LogP contribution in [0.5, 0.6) is 0 Å². The Bertz CT molecular complexity index is 283. The summed E-state index contributed by atoms with van der Waals surface area (Å²) in [5, 5.41) is 0. The van der Waals surface area contributed by atoms with Crippen molar-refractivity contribution in [3.63, 3.8) is 0 Å². The molecule has 3 heteroatoms. The van der Waals surface area contributed by atoms with E-state index >= 15 is 0 Å². The minimum Gasteiger partial charge on any atom is -0.397 e. The van der Waals surface area contributed by atoms with Gasteiger partial charge in [-0.25, -0.2) is 4.98 Å².